The maximum absolute atomic E-state index is 12.2. The predicted octanol–water partition coefficient (Wildman–Crippen LogP) is 1.19. The van der Waals surface area contributed by atoms with E-state index in [1.54, 1.807) is 11.1 Å². The molecule has 0 amide bonds. The number of aromatic nitrogens is 2. The molecule has 11 heteroatoms. The Labute approximate surface area is 157 Å². The summed E-state index contributed by atoms with van der Waals surface area (Å²) < 4.78 is 21.4. The lowest BCUT2D eigenvalue weighted by molar-refractivity contribution is -0.152. The van der Waals surface area contributed by atoms with Crippen LogP contribution >= 0.6 is 15.9 Å². The van der Waals surface area contributed by atoms with Gasteiger partial charge in [-0.05, 0) is 11.1 Å². The van der Waals surface area contributed by atoms with E-state index in [1.165, 1.54) is 24.8 Å². The summed E-state index contributed by atoms with van der Waals surface area (Å²) in [4.78, 5) is 40.0. The number of methoxy groups -OCH3 is 1. The van der Waals surface area contributed by atoms with Gasteiger partial charge in [0.05, 0.1) is 13.2 Å². The van der Waals surface area contributed by atoms with Gasteiger partial charge in [-0.25, -0.2) is 9.59 Å². The summed E-state index contributed by atoms with van der Waals surface area (Å²) >= 11 is 3.13. The van der Waals surface area contributed by atoms with Crippen LogP contribution in [0.1, 0.15) is 25.1 Å². The van der Waals surface area contributed by atoms with E-state index >= 15 is 0 Å². The highest BCUT2D eigenvalue weighted by Gasteiger charge is 2.40. The number of esters is 1. The molecule has 0 saturated carbocycles. The molecule has 0 unspecified atom stereocenters. The highest BCUT2D eigenvalue weighted by molar-refractivity contribution is 9.11. The molecule has 2 N–H and O–H groups in total. The quantitative estimate of drug-likeness (QED) is 0.682. The van der Waals surface area contributed by atoms with Crippen LogP contribution in [-0.2, 0) is 23.7 Å². The van der Waals surface area contributed by atoms with Crippen LogP contribution < -0.4 is 11.4 Å². The fourth-order valence-corrected chi connectivity index (χ4v) is 2.77. The topological polar surface area (TPSA) is 132 Å². The first-order valence-corrected chi connectivity index (χ1v) is 8.46. The molecule has 142 valence electrons. The van der Waals surface area contributed by atoms with Gasteiger partial charge in [0.25, 0.3) is 0 Å². The van der Waals surface area contributed by atoms with Gasteiger partial charge in [-0.3, -0.25) is 9.36 Å². The molecule has 0 aromatic carbocycles. The van der Waals surface area contributed by atoms with Gasteiger partial charge in [-0.2, -0.15) is 4.98 Å². The first-order valence-electron chi connectivity index (χ1n) is 7.54. The second-order valence-electron chi connectivity index (χ2n) is 5.36. The molecule has 1 aliphatic rings. The van der Waals surface area contributed by atoms with Crippen LogP contribution in [0, 0.1) is 0 Å². The molecule has 0 bridgehead atoms. The number of hydrogen-bond donors (Lipinski definition) is 1. The van der Waals surface area contributed by atoms with Gasteiger partial charge >= 0.3 is 17.8 Å². The fraction of sp³-hybridized carbons (Fsp3) is 0.467. The van der Waals surface area contributed by atoms with Crippen molar-refractivity contribution < 1.29 is 28.5 Å². The van der Waals surface area contributed by atoms with Crippen LogP contribution in [0.3, 0.4) is 0 Å². The summed E-state index contributed by atoms with van der Waals surface area (Å²) in [6.45, 7) is 1.13. The molecule has 1 saturated heterocycles. The van der Waals surface area contributed by atoms with Crippen LogP contribution in [0.4, 0.5) is 10.6 Å². The smallest absolute Gasteiger partial charge is 0.458 e. The average Bonchev–Trinajstić information content (AvgIpc) is 2.97. The SMILES string of the molecule is COC(=O)OC[C@@H]1C[C@@H](OC(C)=O)[C@H](n2cc(C=CBr)c(N)nc2=O)O1. The van der Waals surface area contributed by atoms with Gasteiger partial charge in [-0.15, -0.1) is 0 Å². The zero-order chi connectivity index (χ0) is 19.3. The zero-order valence-electron chi connectivity index (χ0n) is 14.1. The Morgan fingerprint density at radius 2 is 2.27 bits per heavy atom. The van der Waals surface area contributed by atoms with Gasteiger partial charge in [0.1, 0.15) is 18.5 Å². The fourth-order valence-electron chi connectivity index (χ4n) is 2.48. The highest BCUT2D eigenvalue weighted by atomic mass is 79.9. The summed E-state index contributed by atoms with van der Waals surface area (Å²) in [5, 5.41) is 0. The normalized spacial score (nSPS) is 22.3. The Morgan fingerprint density at radius 3 is 2.88 bits per heavy atom. The first-order chi connectivity index (χ1) is 12.3. The van der Waals surface area contributed by atoms with Crippen LogP contribution in [0.15, 0.2) is 16.0 Å². The van der Waals surface area contributed by atoms with Crippen molar-refractivity contribution in [1.29, 1.82) is 0 Å². The Hall–Kier alpha value is -2.40. The van der Waals surface area contributed by atoms with Gasteiger partial charge in [0.15, 0.2) is 6.23 Å². The van der Waals surface area contributed by atoms with E-state index in [9.17, 15) is 14.4 Å². The third-order valence-corrected chi connectivity index (χ3v) is 3.81. The Balaban J connectivity index is 2.29. The Bertz CT molecular complexity index is 764. The molecule has 0 spiro atoms. The van der Waals surface area contributed by atoms with Crippen LogP contribution in [-0.4, -0.2) is 47.6 Å². The number of halogens is 1. The zero-order valence-corrected chi connectivity index (χ0v) is 15.7. The minimum Gasteiger partial charge on any atom is -0.458 e. The van der Waals surface area contributed by atoms with E-state index in [-0.39, 0.29) is 18.8 Å². The predicted molar refractivity (Wildman–Crippen MR) is 93.3 cm³/mol. The number of rotatable bonds is 5. The molecule has 1 fully saturated rings. The number of ether oxygens (including phenoxy) is 4. The van der Waals surface area contributed by atoms with Crippen molar-refractivity contribution in [3.8, 4) is 0 Å². The molecule has 26 heavy (non-hydrogen) atoms. The van der Waals surface area contributed by atoms with E-state index in [0.29, 0.717) is 5.56 Å². The summed E-state index contributed by atoms with van der Waals surface area (Å²) in [5.74, 6) is -0.482. The number of nitrogens with zero attached hydrogens (tertiary/aromatic N) is 2. The van der Waals surface area contributed by atoms with Crippen LogP contribution in [0.25, 0.3) is 6.08 Å². The maximum Gasteiger partial charge on any atom is 0.508 e. The third kappa shape index (κ3) is 4.82. The van der Waals surface area contributed by atoms with E-state index in [0.717, 1.165) is 0 Å². The van der Waals surface area contributed by atoms with Gasteiger partial charge in [0, 0.05) is 25.1 Å². The molecule has 1 aromatic rings. The molecule has 3 atom stereocenters. The third-order valence-electron chi connectivity index (χ3n) is 3.54. The summed E-state index contributed by atoms with van der Waals surface area (Å²) in [6.07, 6.45) is 0.122. The van der Waals surface area contributed by atoms with Gasteiger partial charge in [0.2, 0.25) is 0 Å². The first kappa shape index (κ1) is 19.9. The maximum atomic E-state index is 12.2. The Kier molecular flexibility index (Phi) is 6.75. The minimum absolute atomic E-state index is 0.0505. The van der Waals surface area contributed by atoms with Crippen molar-refractivity contribution in [2.45, 2.75) is 31.8 Å². The van der Waals surface area contributed by atoms with Gasteiger partial charge < -0.3 is 24.7 Å². The summed E-state index contributed by atoms with van der Waals surface area (Å²) in [7, 11) is 1.18. The standard InChI is InChI=1S/C15H18BrN3O7/c1-8(20)25-11-5-10(7-24-15(22)23-2)26-13(11)19-6-9(3-4-16)12(17)18-14(19)21/h3-4,6,10-11,13H,5,7H2,1-2H3,(H2,17,18,21)/t10-,11+,13+/m0/s1. The van der Waals surface area contributed by atoms with Crippen LogP contribution in [0.5, 0.6) is 0 Å². The molecule has 0 radical (unpaired) electrons. The largest absolute Gasteiger partial charge is 0.508 e. The lowest BCUT2D eigenvalue weighted by Gasteiger charge is -2.21. The number of hydrogen-bond acceptors (Lipinski definition) is 9. The number of carbonyl (C=O) groups excluding carboxylic acids is 2. The van der Waals surface area contributed by atoms with Crippen molar-refractivity contribution in [3.05, 3.63) is 27.2 Å². The van der Waals surface area contributed by atoms with Gasteiger partial charge in [-0.1, -0.05) is 15.9 Å². The second kappa shape index (κ2) is 8.81. The molecule has 10 nitrogen and oxygen atoms in total. The molecule has 1 aliphatic heterocycles. The number of anilines is 1. The van der Waals surface area contributed by atoms with E-state index in [1.807, 2.05) is 0 Å². The van der Waals surface area contributed by atoms with E-state index < -0.39 is 36.3 Å². The number of carbonyl (C=O) groups is 2. The minimum atomic E-state index is -0.937. The Morgan fingerprint density at radius 1 is 1.54 bits per heavy atom. The van der Waals surface area contributed by atoms with Crippen molar-refractivity contribution in [3.63, 3.8) is 0 Å². The molecule has 0 aliphatic carbocycles. The molecule has 1 aromatic heterocycles. The van der Waals surface area contributed by atoms with Crippen molar-refractivity contribution in [2.75, 3.05) is 19.5 Å². The monoisotopic (exact) mass is 431 g/mol. The lowest BCUT2D eigenvalue weighted by Crippen LogP contribution is -2.34. The molecular weight excluding hydrogens is 414 g/mol. The number of nitrogens with two attached hydrogens (primary N) is 1. The number of nitrogen functional groups attached to an aromatic ring is 1. The average molecular weight is 432 g/mol. The molecule has 2 rings (SSSR count). The summed E-state index contributed by atoms with van der Waals surface area (Å²) in [6, 6.07) is 0. The second-order valence-corrected chi connectivity index (χ2v) is 5.89. The van der Waals surface area contributed by atoms with Crippen LogP contribution in [0.2, 0.25) is 0 Å². The van der Waals surface area contributed by atoms with Crippen molar-refractivity contribution in [1.82, 2.24) is 9.55 Å². The van der Waals surface area contributed by atoms with Crippen molar-refractivity contribution in [2.24, 2.45) is 0 Å². The highest BCUT2D eigenvalue weighted by Crippen LogP contribution is 2.31. The van der Waals surface area contributed by atoms with Crippen molar-refractivity contribution >= 4 is 39.9 Å². The molecular formula is C15H18BrN3O7. The van der Waals surface area contributed by atoms with E-state index in [4.69, 9.17) is 19.9 Å². The lowest BCUT2D eigenvalue weighted by atomic mass is 10.2. The summed E-state index contributed by atoms with van der Waals surface area (Å²) in [5.41, 5.74) is 5.53. The van der Waals surface area contributed by atoms with E-state index in [2.05, 4.69) is 25.7 Å². The molecule has 2 heterocycles.